The van der Waals surface area contributed by atoms with E-state index in [0.717, 1.165) is 116 Å². The van der Waals surface area contributed by atoms with Crippen LogP contribution in [0.2, 0.25) is 0 Å². The van der Waals surface area contributed by atoms with Crippen LogP contribution in [0.15, 0.2) is 146 Å². The van der Waals surface area contributed by atoms with Gasteiger partial charge in [0.15, 0.2) is 0 Å². The molecule has 8 heteroatoms. The monoisotopic (exact) mass is 1110 g/mol. The van der Waals surface area contributed by atoms with E-state index in [1.807, 2.05) is 0 Å². The molecule has 0 aliphatic carbocycles. The largest absolute Gasteiger partial charge is 0.481 e. The van der Waals surface area contributed by atoms with Crippen LogP contribution in [-0.4, -0.2) is 44.3 Å². The van der Waals surface area contributed by atoms with Crippen LogP contribution in [0.4, 0.5) is 0 Å². The van der Waals surface area contributed by atoms with Crippen LogP contribution in [0.3, 0.4) is 0 Å². The first kappa shape index (κ1) is 81.2. The highest BCUT2D eigenvalue weighted by molar-refractivity contribution is 5.67. The zero-order chi connectivity index (χ0) is 59.6. The van der Waals surface area contributed by atoms with Crippen LogP contribution >= 0.6 is 0 Å². The van der Waals surface area contributed by atoms with Gasteiger partial charge in [0.25, 0.3) is 0 Å². The lowest BCUT2D eigenvalue weighted by molar-refractivity contribution is -0.138. The van der Waals surface area contributed by atoms with Gasteiger partial charge in [-0.15, -0.1) is 0 Å². The van der Waals surface area contributed by atoms with Crippen LogP contribution in [0, 0.1) is 0 Å². The minimum Gasteiger partial charge on any atom is -0.481 e. The fourth-order valence-electron chi connectivity index (χ4n) is 7.39. The lowest BCUT2D eigenvalue weighted by Gasteiger charge is -1.97. The lowest BCUT2D eigenvalue weighted by Crippen LogP contribution is -1.93. The number of carbonyl (C=O) groups is 4. The summed E-state index contributed by atoms with van der Waals surface area (Å²) in [6.45, 7) is 8.87. The summed E-state index contributed by atoms with van der Waals surface area (Å²) in [5, 5.41) is 34.0. The van der Waals surface area contributed by atoms with Gasteiger partial charge in [-0.1, -0.05) is 263 Å². The summed E-state index contributed by atoms with van der Waals surface area (Å²) in [7, 11) is 0. The van der Waals surface area contributed by atoms with Crippen molar-refractivity contribution in [3.8, 4) is 0 Å². The number of unbranched alkanes of at least 4 members (excludes halogenated alkanes) is 24. The van der Waals surface area contributed by atoms with Crippen LogP contribution in [0.25, 0.3) is 0 Å². The van der Waals surface area contributed by atoms with E-state index in [1.54, 1.807) is 0 Å². The fourth-order valence-corrected chi connectivity index (χ4v) is 7.39. The molecule has 0 saturated carbocycles. The molecule has 0 aromatic heterocycles. The van der Waals surface area contributed by atoms with E-state index in [0.29, 0.717) is 25.7 Å². The predicted octanol–water partition coefficient (Wildman–Crippen LogP) is 22.6. The Balaban J connectivity index is -0.000000481. The van der Waals surface area contributed by atoms with Crippen molar-refractivity contribution in [1.82, 2.24) is 0 Å². The molecule has 8 nitrogen and oxygen atoms in total. The van der Waals surface area contributed by atoms with Crippen LogP contribution < -0.4 is 0 Å². The SMILES string of the molecule is CCCCC/C=C\C/C=C\C/C=C\CCCCC(=O)O.CCCCC=CC=CC=CCCCCCCCC(=O)O.CCCCC=CC=CC=CCCCCCCCC(=O)O.CCCCCC=CCC=CCC=CCCCCC(=O)O. The van der Waals surface area contributed by atoms with Gasteiger partial charge in [0.2, 0.25) is 0 Å². The average molecular weight is 1110 g/mol. The van der Waals surface area contributed by atoms with Gasteiger partial charge in [0.1, 0.15) is 0 Å². The minimum atomic E-state index is -0.695. The summed E-state index contributed by atoms with van der Waals surface area (Å²) in [4.78, 5) is 41.2. The lowest BCUT2D eigenvalue weighted by atomic mass is 10.1. The fraction of sp³-hybridized carbons (Fsp3) is 0.611. The predicted molar refractivity (Wildman–Crippen MR) is 348 cm³/mol. The molecule has 0 aromatic carbocycles. The van der Waals surface area contributed by atoms with Crippen molar-refractivity contribution < 1.29 is 39.6 Å². The maximum absolute atomic E-state index is 10.3. The number of hydrogen-bond acceptors (Lipinski definition) is 4. The highest BCUT2D eigenvalue weighted by Crippen LogP contribution is 2.10. The number of carboxylic acid groups (broad SMARTS) is 4. The first-order valence-corrected chi connectivity index (χ1v) is 31.8. The van der Waals surface area contributed by atoms with Crippen LogP contribution in [0.1, 0.15) is 285 Å². The zero-order valence-corrected chi connectivity index (χ0v) is 51.6. The Morgan fingerprint density at radius 1 is 0.212 bits per heavy atom. The molecule has 0 radical (unpaired) electrons. The first-order chi connectivity index (χ1) is 39.1. The van der Waals surface area contributed by atoms with E-state index in [2.05, 4.69) is 174 Å². The summed E-state index contributed by atoms with van der Waals surface area (Å²) < 4.78 is 0. The number of allylic oxidation sites excluding steroid dienone is 24. The van der Waals surface area contributed by atoms with E-state index in [4.69, 9.17) is 20.4 Å². The van der Waals surface area contributed by atoms with Gasteiger partial charge < -0.3 is 20.4 Å². The van der Waals surface area contributed by atoms with Crippen LogP contribution in [-0.2, 0) is 19.2 Å². The molecule has 0 spiro atoms. The van der Waals surface area contributed by atoms with E-state index < -0.39 is 23.9 Å². The maximum Gasteiger partial charge on any atom is 0.303 e. The van der Waals surface area contributed by atoms with Crippen molar-refractivity contribution in [3.05, 3.63) is 146 Å². The molecule has 80 heavy (non-hydrogen) atoms. The average Bonchev–Trinajstić information content (AvgIpc) is 3.43. The molecular weight excluding hydrogens is 993 g/mol. The number of carboxylic acids is 4. The van der Waals surface area contributed by atoms with E-state index >= 15 is 0 Å². The maximum atomic E-state index is 10.3. The normalized spacial score (nSPS) is 12.1. The van der Waals surface area contributed by atoms with Crippen LogP contribution in [0.5, 0.6) is 0 Å². The molecule has 456 valence electrons. The molecule has 0 aromatic rings. The molecule has 4 N–H and O–H groups in total. The molecule has 0 amide bonds. The van der Waals surface area contributed by atoms with Gasteiger partial charge in [0.05, 0.1) is 0 Å². The molecule has 0 unspecified atom stereocenters. The number of hydrogen-bond donors (Lipinski definition) is 4. The highest BCUT2D eigenvalue weighted by Gasteiger charge is 1.98. The summed E-state index contributed by atoms with van der Waals surface area (Å²) in [5.41, 5.74) is 0. The Labute approximate surface area is 491 Å². The molecular formula is C72H120O8. The van der Waals surface area contributed by atoms with E-state index in [1.165, 1.54) is 116 Å². The summed E-state index contributed by atoms with van der Waals surface area (Å²) in [5.74, 6) is -2.74. The van der Waals surface area contributed by atoms with Gasteiger partial charge >= 0.3 is 23.9 Å². The Morgan fingerprint density at radius 3 is 0.662 bits per heavy atom. The Bertz CT molecular complexity index is 1570. The first-order valence-electron chi connectivity index (χ1n) is 31.8. The third-order valence-electron chi connectivity index (χ3n) is 12.2. The Hall–Kier alpha value is -5.24. The topological polar surface area (TPSA) is 149 Å². The van der Waals surface area contributed by atoms with E-state index in [-0.39, 0.29) is 0 Å². The molecule has 0 heterocycles. The van der Waals surface area contributed by atoms with Gasteiger partial charge in [0, 0.05) is 25.7 Å². The third kappa shape index (κ3) is 95.1. The summed E-state index contributed by atoms with van der Waals surface area (Å²) in [6, 6.07) is 0. The van der Waals surface area contributed by atoms with Crippen molar-refractivity contribution in [2.75, 3.05) is 0 Å². The Kier molecular flexibility index (Phi) is 79.2. The quantitative estimate of drug-likeness (QED) is 0.0267. The zero-order valence-electron chi connectivity index (χ0n) is 51.6. The summed E-state index contributed by atoms with van der Waals surface area (Å²) >= 11 is 0. The molecule has 0 rings (SSSR count). The second-order valence-corrected chi connectivity index (χ2v) is 20.2. The smallest absolute Gasteiger partial charge is 0.303 e. The molecule has 0 atom stereocenters. The van der Waals surface area contributed by atoms with Crippen molar-refractivity contribution in [3.63, 3.8) is 0 Å². The standard InChI is InChI=1S/4C18H30O2/c4*1-2-3-4-5-6-7-8-9-10-11-12-13-14-15-16-17-18(19)20/h2*6-7,9-10,12-13H,2-5,8,11,14-17H2,1H3,(H,19,20);2*5-10H,2-4,11-17H2,1H3,(H,19,20)/b7-6-,10-9-,13-12-;;;. The molecule has 0 aliphatic rings. The Morgan fingerprint density at radius 2 is 0.400 bits per heavy atom. The van der Waals surface area contributed by atoms with Crippen molar-refractivity contribution in [2.45, 2.75) is 285 Å². The minimum absolute atomic E-state index is 0.290. The van der Waals surface area contributed by atoms with Gasteiger partial charge in [-0.2, -0.15) is 0 Å². The van der Waals surface area contributed by atoms with Gasteiger partial charge in [-0.05, 0) is 141 Å². The van der Waals surface area contributed by atoms with Crippen molar-refractivity contribution in [1.29, 1.82) is 0 Å². The second-order valence-electron chi connectivity index (χ2n) is 20.2. The van der Waals surface area contributed by atoms with Crippen molar-refractivity contribution >= 4 is 23.9 Å². The molecule has 0 saturated heterocycles. The highest BCUT2D eigenvalue weighted by atomic mass is 16.4. The molecule has 0 fully saturated rings. The van der Waals surface area contributed by atoms with Gasteiger partial charge in [-0.3, -0.25) is 19.2 Å². The van der Waals surface area contributed by atoms with E-state index in [9.17, 15) is 19.2 Å². The summed E-state index contributed by atoms with van der Waals surface area (Å²) in [6.07, 6.45) is 93.4. The third-order valence-corrected chi connectivity index (χ3v) is 12.2. The molecule has 0 aliphatic heterocycles. The number of rotatable bonds is 52. The van der Waals surface area contributed by atoms with Crippen molar-refractivity contribution in [2.24, 2.45) is 0 Å². The molecule has 0 bridgehead atoms. The number of aliphatic carboxylic acids is 4. The second kappa shape index (κ2) is 78.0. The van der Waals surface area contributed by atoms with Gasteiger partial charge in [-0.25, -0.2) is 0 Å².